The highest BCUT2D eigenvalue weighted by Crippen LogP contribution is 2.47. The van der Waals surface area contributed by atoms with Gasteiger partial charge >= 0.3 is 12.2 Å². The third kappa shape index (κ3) is 4.79. The van der Waals surface area contributed by atoms with E-state index in [1.54, 1.807) is 0 Å². The number of likely N-dealkylation sites (N-methyl/N-ethyl adjacent to an activating group) is 1. The lowest BCUT2D eigenvalue weighted by Crippen LogP contribution is -2.62. The Morgan fingerprint density at radius 2 is 1.96 bits per heavy atom. The number of nitrogens with one attached hydrogen (secondary N) is 1. The first-order valence-electron chi connectivity index (χ1n) is 15.5. The highest BCUT2D eigenvalue weighted by Gasteiger charge is 2.48. The van der Waals surface area contributed by atoms with Crippen LogP contribution in [0.15, 0.2) is 6.07 Å². The molecule has 7 rings (SSSR count). The number of nitrogens with zero attached hydrogens (tertiary/aromatic N) is 5. The summed E-state index contributed by atoms with van der Waals surface area (Å²) in [6.07, 6.45) is -2.07. The van der Waals surface area contributed by atoms with Crippen LogP contribution in [0.1, 0.15) is 50.2 Å². The molecule has 0 saturated carbocycles. The van der Waals surface area contributed by atoms with E-state index in [0.717, 1.165) is 38.8 Å². The predicted octanol–water partition coefficient (Wildman–Crippen LogP) is 5.17. The van der Waals surface area contributed by atoms with Gasteiger partial charge in [0.2, 0.25) is 5.88 Å². The van der Waals surface area contributed by atoms with E-state index in [2.05, 4.69) is 15.3 Å². The van der Waals surface area contributed by atoms with Crippen LogP contribution in [0, 0.1) is 18.6 Å². The Bertz CT molecular complexity index is 1710. The Balaban J connectivity index is 1.45. The van der Waals surface area contributed by atoms with Gasteiger partial charge in [-0.2, -0.15) is 23.1 Å². The molecule has 0 radical (unpaired) electrons. The van der Waals surface area contributed by atoms with E-state index in [1.165, 1.54) is 0 Å². The molecule has 1 aromatic carbocycles. The average Bonchev–Trinajstić information content (AvgIpc) is 3.52. The van der Waals surface area contributed by atoms with Crippen LogP contribution in [0.5, 0.6) is 11.9 Å². The number of nitrogens with two attached hydrogens (primary N) is 1. The number of aromatic nitrogens is 3. The number of nitrogen functional groups attached to an aromatic ring is 1. The molecule has 248 valence electrons. The van der Waals surface area contributed by atoms with Crippen LogP contribution in [0.25, 0.3) is 22.2 Å². The number of anilines is 2. The van der Waals surface area contributed by atoms with Crippen molar-refractivity contribution in [2.75, 3.05) is 44.1 Å². The molecule has 3 saturated heterocycles. The Morgan fingerprint density at radius 1 is 1.17 bits per heavy atom. The number of rotatable bonds is 6. The van der Waals surface area contributed by atoms with Gasteiger partial charge in [-0.1, -0.05) is 0 Å². The number of alkyl halides is 4. The predicted molar refractivity (Wildman–Crippen MR) is 159 cm³/mol. The standard InChI is InChI=1S/C31H35F6N7O2/c1-14-21(31(35,36)37)17(11-18(38)22(14)33)24-23(34)25-20-27(42-29(41-25)45-13-30(8-9-32)7-4-10-43(30)3)44-12-16-5-6-19(39-16)26(44)15(2)46-28(20)40-24/h11,15-16,19,26,39H,4-10,12-13,38H2,1-3H3/t15-,16+,19-,26+,30+/m0/s1. The number of benzene rings is 1. The fraction of sp³-hybridized carbons (Fsp3) is 0.581. The Morgan fingerprint density at radius 3 is 2.65 bits per heavy atom. The smallest absolute Gasteiger partial charge is 0.417 e. The van der Waals surface area contributed by atoms with Crippen molar-refractivity contribution >= 4 is 22.4 Å². The van der Waals surface area contributed by atoms with Crippen LogP contribution in [-0.2, 0) is 6.18 Å². The van der Waals surface area contributed by atoms with Crippen molar-refractivity contribution in [3.05, 3.63) is 28.8 Å². The van der Waals surface area contributed by atoms with E-state index in [-0.39, 0.29) is 53.9 Å². The van der Waals surface area contributed by atoms with Gasteiger partial charge in [0, 0.05) is 24.2 Å². The Kier molecular flexibility index (Phi) is 7.42. The fourth-order valence-electron chi connectivity index (χ4n) is 7.92. The van der Waals surface area contributed by atoms with E-state index < -0.39 is 64.2 Å². The summed E-state index contributed by atoms with van der Waals surface area (Å²) in [6, 6.07) is 0.420. The van der Waals surface area contributed by atoms with Crippen molar-refractivity contribution in [2.24, 2.45) is 0 Å². The van der Waals surface area contributed by atoms with Gasteiger partial charge in [-0.15, -0.1) is 0 Å². The zero-order chi connectivity index (χ0) is 32.7. The summed E-state index contributed by atoms with van der Waals surface area (Å²) in [5, 5.41) is 3.69. The van der Waals surface area contributed by atoms with Crippen LogP contribution < -0.4 is 25.4 Å². The molecule has 3 aromatic rings. The third-order valence-corrected chi connectivity index (χ3v) is 10.3. The second kappa shape index (κ2) is 11.0. The van der Waals surface area contributed by atoms with E-state index in [4.69, 9.17) is 20.2 Å². The molecule has 5 atom stereocenters. The summed E-state index contributed by atoms with van der Waals surface area (Å²) < 4.78 is 101. The van der Waals surface area contributed by atoms with Gasteiger partial charge in [-0.05, 0) is 71.2 Å². The van der Waals surface area contributed by atoms with Crippen LogP contribution >= 0.6 is 0 Å². The summed E-state index contributed by atoms with van der Waals surface area (Å²) in [6.45, 7) is 3.49. The summed E-state index contributed by atoms with van der Waals surface area (Å²) in [7, 11) is 1.89. The molecule has 0 unspecified atom stereocenters. The molecule has 9 nitrogen and oxygen atoms in total. The average molecular weight is 652 g/mol. The first kappa shape index (κ1) is 31.0. The van der Waals surface area contributed by atoms with Crippen LogP contribution in [0.2, 0.25) is 0 Å². The highest BCUT2D eigenvalue weighted by molar-refractivity contribution is 5.97. The molecule has 6 heterocycles. The molecule has 3 fully saturated rings. The van der Waals surface area contributed by atoms with Gasteiger partial charge in [-0.25, -0.2) is 13.8 Å². The minimum atomic E-state index is -5.06. The summed E-state index contributed by atoms with van der Waals surface area (Å²) in [4.78, 5) is 17.5. The Labute approximate surface area is 261 Å². The Hall–Kier alpha value is -3.59. The molecule has 15 heteroatoms. The number of ether oxygens (including phenoxy) is 2. The van der Waals surface area contributed by atoms with Crippen LogP contribution in [0.4, 0.5) is 37.8 Å². The number of hydrogen-bond donors (Lipinski definition) is 2. The molecule has 3 N–H and O–H groups in total. The second-order valence-corrected chi connectivity index (χ2v) is 12.9. The van der Waals surface area contributed by atoms with Gasteiger partial charge in [0.15, 0.2) is 5.82 Å². The first-order valence-corrected chi connectivity index (χ1v) is 15.5. The molecule has 46 heavy (non-hydrogen) atoms. The van der Waals surface area contributed by atoms with E-state index in [0.29, 0.717) is 18.8 Å². The summed E-state index contributed by atoms with van der Waals surface area (Å²) in [5.41, 5.74) is 0.531. The maximum Gasteiger partial charge on any atom is 0.417 e. The van der Waals surface area contributed by atoms with Gasteiger partial charge in [0.05, 0.1) is 29.5 Å². The SMILES string of the molecule is Cc1c(F)c(N)cc(-c2nc3c4c(nc(OC[C@]5(CCF)CCCN5C)nc4c2F)N2C[C@H]4CC[C@H](N4)[C@H]2[C@H](C)O3)c1C(F)(F)F. The van der Waals surface area contributed by atoms with Crippen LogP contribution in [-0.4, -0.2) is 83.0 Å². The largest absolute Gasteiger partial charge is 0.472 e. The topological polar surface area (TPSA) is 102 Å². The maximum absolute atomic E-state index is 16.8. The van der Waals surface area contributed by atoms with Crippen LogP contribution in [0.3, 0.4) is 0 Å². The second-order valence-electron chi connectivity index (χ2n) is 12.9. The van der Waals surface area contributed by atoms with Crippen molar-refractivity contribution < 1.29 is 35.8 Å². The molecule has 0 spiro atoms. The van der Waals surface area contributed by atoms with Gasteiger partial charge in [0.1, 0.15) is 40.9 Å². The zero-order valence-electron chi connectivity index (χ0n) is 25.6. The van der Waals surface area contributed by atoms with Crippen molar-refractivity contribution in [1.82, 2.24) is 25.2 Å². The number of likely N-dealkylation sites (tertiary alicyclic amines) is 1. The maximum atomic E-state index is 16.8. The number of pyridine rings is 1. The van der Waals surface area contributed by atoms with E-state index in [9.17, 15) is 22.0 Å². The summed E-state index contributed by atoms with van der Waals surface area (Å²) >= 11 is 0. The number of halogens is 6. The number of hydrogen-bond acceptors (Lipinski definition) is 9. The molecule has 2 bridgehead atoms. The molecule has 2 aromatic heterocycles. The molecule has 0 aliphatic carbocycles. The van der Waals surface area contributed by atoms with Crippen molar-refractivity contribution in [3.63, 3.8) is 0 Å². The minimum Gasteiger partial charge on any atom is -0.472 e. The van der Waals surface area contributed by atoms with Crippen molar-refractivity contribution in [2.45, 2.75) is 81.9 Å². The number of piperazine rings is 1. The highest BCUT2D eigenvalue weighted by atomic mass is 19.4. The lowest BCUT2D eigenvalue weighted by molar-refractivity contribution is -0.137. The van der Waals surface area contributed by atoms with E-state index >= 15 is 4.39 Å². The minimum absolute atomic E-state index is 0.0121. The fourth-order valence-corrected chi connectivity index (χ4v) is 7.92. The zero-order valence-corrected chi connectivity index (χ0v) is 25.6. The van der Waals surface area contributed by atoms with Gasteiger partial charge < -0.3 is 25.4 Å². The van der Waals surface area contributed by atoms with Gasteiger partial charge in [-0.3, -0.25) is 9.29 Å². The quantitative estimate of drug-likeness (QED) is 0.276. The van der Waals surface area contributed by atoms with Crippen molar-refractivity contribution in [3.8, 4) is 23.1 Å². The van der Waals surface area contributed by atoms with Gasteiger partial charge in [0.25, 0.3) is 0 Å². The number of fused-ring (bicyclic) bond motifs is 5. The molecule has 0 amide bonds. The normalized spacial score (nSPS) is 27.5. The molecule has 4 aliphatic rings. The monoisotopic (exact) mass is 651 g/mol. The summed E-state index contributed by atoms with van der Waals surface area (Å²) in [5.74, 6) is -2.29. The third-order valence-electron chi connectivity index (χ3n) is 10.3. The lowest BCUT2D eigenvalue weighted by Gasteiger charge is -2.42. The van der Waals surface area contributed by atoms with E-state index in [1.807, 2.05) is 23.8 Å². The molecular weight excluding hydrogens is 616 g/mol. The molecule has 4 aliphatic heterocycles. The lowest BCUT2D eigenvalue weighted by atomic mass is 9.94. The molecular formula is C31H35F6N7O2. The first-order chi connectivity index (χ1) is 21.8. The van der Waals surface area contributed by atoms with Crippen molar-refractivity contribution in [1.29, 1.82) is 0 Å².